The van der Waals surface area contributed by atoms with E-state index >= 15 is 0 Å². The largest absolute Gasteiger partial charge is 0.461 e. The van der Waals surface area contributed by atoms with Gasteiger partial charge in [0.1, 0.15) is 5.82 Å². The molecule has 1 saturated heterocycles. The quantitative estimate of drug-likeness (QED) is 0.166. The molecule has 36 heavy (non-hydrogen) atoms. The zero-order valence-corrected chi connectivity index (χ0v) is 19.9. The van der Waals surface area contributed by atoms with Crippen LogP contribution in [0.3, 0.4) is 0 Å². The van der Waals surface area contributed by atoms with E-state index in [0.717, 1.165) is 44.0 Å². The second-order valence-corrected chi connectivity index (χ2v) is 8.51. The molecule has 12 heteroatoms. The molecular weight excluding hydrogens is 460 g/mol. The second-order valence-electron chi connectivity index (χ2n) is 8.51. The molecule has 4 heterocycles. The van der Waals surface area contributed by atoms with Crippen LogP contribution in [0.15, 0.2) is 52.2 Å². The summed E-state index contributed by atoms with van der Waals surface area (Å²) >= 11 is 0. The molecule has 186 valence electrons. The summed E-state index contributed by atoms with van der Waals surface area (Å²) in [5.74, 6) is 1.60. The minimum atomic E-state index is 0.184. The fourth-order valence-electron chi connectivity index (χ4n) is 4.29. The van der Waals surface area contributed by atoms with Crippen LogP contribution in [-0.4, -0.2) is 80.9 Å². The summed E-state index contributed by atoms with van der Waals surface area (Å²) < 4.78 is 6.81. The van der Waals surface area contributed by atoms with Crippen LogP contribution in [-0.2, 0) is 0 Å². The predicted molar refractivity (Wildman–Crippen MR) is 138 cm³/mol. The first-order valence-electron chi connectivity index (χ1n) is 11.7. The van der Waals surface area contributed by atoms with Crippen LogP contribution in [0.2, 0.25) is 0 Å². The Hall–Kier alpha value is -4.45. The highest BCUT2D eigenvalue weighted by atomic mass is 16.4. The van der Waals surface area contributed by atoms with Crippen molar-refractivity contribution in [3.05, 3.63) is 53.8 Å². The van der Waals surface area contributed by atoms with Crippen LogP contribution < -0.4 is 16.0 Å². The van der Waals surface area contributed by atoms with Crippen LogP contribution >= 0.6 is 0 Å². The van der Waals surface area contributed by atoms with Gasteiger partial charge in [-0.2, -0.15) is 9.50 Å². The van der Waals surface area contributed by atoms with Gasteiger partial charge in [-0.3, -0.25) is 4.90 Å². The smallest absolute Gasteiger partial charge is 0.225 e. The number of furan rings is 1. The van der Waals surface area contributed by atoms with Crippen molar-refractivity contribution in [1.29, 1.82) is 5.41 Å². The molecule has 0 bridgehead atoms. The first kappa shape index (κ1) is 23.3. The van der Waals surface area contributed by atoms with Crippen molar-refractivity contribution in [1.82, 2.24) is 24.5 Å². The molecule has 1 aromatic carbocycles. The predicted octanol–water partition coefficient (Wildman–Crippen LogP) is 2.40. The maximum absolute atomic E-state index is 8.94. The Balaban J connectivity index is 1.19. The monoisotopic (exact) mass is 488 g/mol. The van der Waals surface area contributed by atoms with Gasteiger partial charge < -0.3 is 31.0 Å². The standard InChI is InChI=1S/C24H28N10O2/c1-16(31-35)17-4-6-18(7-5-17)33-12-10-32(11-13-33)9-8-27-21-19(15-25)23-28-22(20-3-2-14-36-20)30-34(23)24(26)29-21/h2-7,14-15,25,27,35H,8-13H2,1H3,(H2,26,29)/b25-15?,31-16+. The number of oxime groups is 1. The van der Waals surface area contributed by atoms with Crippen LogP contribution in [0.1, 0.15) is 18.1 Å². The number of nitrogen functional groups attached to an aromatic ring is 1. The average molecular weight is 489 g/mol. The fourth-order valence-corrected chi connectivity index (χ4v) is 4.29. The molecule has 1 aliphatic rings. The van der Waals surface area contributed by atoms with Gasteiger partial charge in [0.2, 0.25) is 11.8 Å². The van der Waals surface area contributed by atoms with Crippen LogP contribution in [0.4, 0.5) is 17.5 Å². The summed E-state index contributed by atoms with van der Waals surface area (Å²) in [6, 6.07) is 11.6. The van der Waals surface area contributed by atoms with Crippen molar-refractivity contribution in [2.24, 2.45) is 5.16 Å². The lowest BCUT2D eigenvalue weighted by molar-refractivity contribution is 0.267. The summed E-state index contributed by atoms with van der Waals surface area (Å²) in [4.78, 5) is 13.7. The van der Waals surface area contributed by atoms with Gasteiger partial charge in [-0.1, -0.05) is 17.3 Å². The van der Waals surface area contributed by atoms with E-state index in [9.17, 15) is 0 Å². The van der Waals surface area contributed by atoms with Crippen molar-refractivity contribution in [3.8, 4) is 11.6 Å². The van der Waals surface area contributed by atoms with Crippen molar-refractivity contribution < 1.29 is 9.62 Å². The highest BCUT2D eigenvalue weighted by molar-refractivity contribution is 5.98. The maximum Gasteiger partial charge on any atom is 0.225 e. The zero-order valence-electron chi connectivity index (χ0n) is 19.9. The van der Waals surface area contributed by atoms with E-state index < -0.39 is 0 Å². The Morgan fingerprint density at radius 2 is 1.97 bits per heavy atom. The minimum Gasteiger partial charge on any atom is -0.461 e. The molecule has 5 N–H and O–H groups in total. The number of hydrogen-bond acceptors (Lipinski definition) is 11. The average Bonchev–Trinajstić information content (AvgIpc) is 3.60. The van der Waals surface area contributed by atoms with Gasteiger partial charge in [0, 0.05) is 51.2 Å². The second kappa shape index (κ2) is 10.0. The summed E-state index contributed by atoms with van der Waals surface area (Å²) in [5, 5.41) is 27.8. The Labute approximate surface area is 207 Å². The molecule has 3 aromatic heterocycles. The normalized spacial score (nSPS) is 14.9. The van der Waals surface area contributed by atoms with E-state index in [1.807, 2.05) is 12.1 Å². The fraction of sp³-hybridized carbons (Fsp3) is 0.292. The minimum absolute atomic E-state index is 0.184. The number of nitrogens with zero attached hydrogens (tertiary/aromatic N) is 7. The molecule has 0 unspecified atom stereocenters. The molecule has 0 amide bonds. The van der Waals surface area contributed by atoms with Gasteiger partial charge in [0.25, 0.3) is 0 Å². The highest BCUT2D eigenvalue weighted by Gasteiger charge is 2.19. The van der Waals surface area contributed by atoms with Crippen molar-refractivity contribution in [3.63, 3.8) is 0 Å². The third-order valence-corrected chi connectivity index (χ3v) is 6.33. The summed E-state index contributed by atoms with van der Waals surface area (Å²) in [6.45, 7) is 6.96. The van der Waals surface area contributed by atoms with Crippen molar-refractivity contribution in [2.45, 2.75) is 6.92 Å². The van der Waals surface area contributed by atoms with Crippen LogP contribution in [0.25, 0.3) is 17.2 Å². The highest BCUT2D eigenvalue weighted by Crippen LogP contribution is 2.23. The van der Waals surface area contributed by atoms with E-state index in [1.165, 1.54) is 10.7 Å². The molecule has 0 spiro atoms. The molecule has 1 aliphatic heterocycles. The number of aromatic nitrogens is 4. The number of rotatable bonds is 8. The number of fused-ring (bicyclic) bond motifs is 1. The van der Waals surface area contributed by atoms with Crippen LogP contribution in [0.5, 0.6) is 0 Å². The Bertz CT molecular complexity index is 1370. The van der Waals surface area contributed by atoms with Gasteiger partial charge in [-0.25, -0.2) is 4.98 Å². The topological polar surface area (TPSA) is 157 Å². The summed E-state index contributed by atoms with van der Waals surface area (Å²) in [7, 11) is 0. The number of nitrogens with two attached hydrogens (primary N) is 1. The molecule has 0 saturated carbocycles. The lowest BCUT2D eigenvalue weighted by atomic mass is 10.1. The molecule has 0 radical (unpaired) electrons. The van der Waals surface area contributed by atoms with Crippen LogP contribution in [0, 0.1) is 5.41 Å². The van der Waals surface area contributed by atoms with Gasteiger partial charge in [-0.05, 0) is 36.8 Å². The number of anilines is 3. The molecule has 12 nitrogen and oxygen atoms in total. The van der Waals surface area contributed by atoms with Gasteiger partial charge >= 0.3 is 0 Å². The van der Waals surface area contributed by atoms with Gasteiger partial charge in [0.05, 0.1) is 17.5 Å². The van der Waals surface area contributed by atoms with E-state index in [4.69, 9.17) is 20.8 Å². The molecular formula is C24H28N10O2. The Kier molecular flexibility index (Phi) is 6.50. The number of piperazine rings is 1. The third-order valence-electron chi connectivity index (χ3n) is 6.33. The number of benzene rings is 1. The third kappa shape index (κ3) is 4.58. The molecule has 4 aromatic rings. The Morgan fingerprint density at radius 1 is 1.19 bits per heavy atom. The lowest BCUT2D eigenvalue weighted by Gasteiger charge is -2.36. The zero-order chi connectivity index (χ0) is 25.1. The first-order valence-corrected chi connectivity index (χ1v) is 11.7. The maximum atomic E-state index is 8.94. The molecule has 0 atom stereocenters. The van der Waals surface area contributed by atoms with E-state index in [1.54, 1.807) is 25.3 Å². The molecule has 1 fully saturated rings. The Morgan fingerprint density at radius 3 is 2.64 bits per heavy atom. The number of hydrogen-bond donors (Lipinski definition) is 4. The van der Waals surface area contributed by atoms with E-state index in [2.05, 4.69) is 47.5 Å². The molecule has 5 rings (SSSR count). The van der Waals surface area contributed by atoms with E-state index in [0.29, 0.717) is 40.9 Å². The SMILES string of the molecule is C/C(=N\O)c1ccc(N2CCN(CCNc3nc(N)n4nc(-c5ccco5)nc4c3C=N)CC2)cc1. The molecule has 0 aliphatic carbocycles. The summed E-state index contributed by atoms with van der Waals surface area (Å²) in [5.41, 5.74) is 9.77. The van der Waals surface area contributed by atoms with Crippen molar-refractivity contribution in [2.75, 3.05) is 55.2 Å². The summed E-state index contributed by atoms with van der Waals surface area (Å²) in [6.07, 6.45) is 2.76. The van der Waals surface area contributed by atoms with Gasteiger partial charge in [-0.15, -0.1) is 5.10 Å². The van der Waals surface area contributed by atoms with E-state index in [-0.39, 0.29) is 5.95 Å². The lowest BCUT2D eigenvalue weighted by Crippen LogP contribution is -2.47. The first-order chi connectivity index (χ1) is 17.6. The van der Waals surface area contributed by atoms with Gasteiger partial charge in [0.15, 0.2) is 11.4 Å². The number of nitrogens with one attached hydrogen (secondary N) is 2. The van der Waals surface area contributed by atoms with Crippen molar-refractivity contribution >= 4 is 35.0 Å².